The summed E-state index contributed by atoms with van der Waals surface area (Å²) in [4.78, 5) is 0. The Kier molecular flexibility index (Phi) is 25.1. The van der Waals surface area contributed by atoms with E-state index in [1.54, 1.807) is 0 Å². The Bertz CT molecular complexity index is 198. The molecule has 1 nitrogen and oxygen atoms in total. The third kappa shape index (κ3) is 29.9. The number of rotatable bonds is 16. The van der Waals surface area contributed by atoms with Crippen LogP contribution in [0.5, 0.6) is 0 Å². The summed E-state index contributed by atoms with van der Waals surface area (Å²) in [6, 6.07) is 0. The topological polar surface area (TPSA) is 20.2 Å². The summed E-state index contributed by atoms with van der Waals surface area (Å²) in [5.41, 5.74) is 0. The van der Waals surface area contributed by atoms with Crippen molar-refractivity contribution in [3.63, 3.8) is 0 Å². The van der Waals surface area contributed by atoms with Gasteiger partial charge in [0, 0.05) is 6.61 Å². The SMILES string of the molecule is CC(C)CCCCCO.CCCCCCCCCCCCC(C)C. The average molecular weight is 343 g/mol. The molecular formula is C23H50O. The van der Waals surface area contributed by atoms with Crippen LogP contribution in [0.3, 0.4) is 0 Å². The van der Waals surface area contributed by atoms with E-state index < -0.39 is 0 Å². The lowest BCUT2D eigenvalue weighted by Crippen LogP contribution is -1.88. The first kappa shape index (κ1) is 26.2. The molecule has 0 rings (SSSR count). The van der Waals surface area contributed by atoms with Crippen LogP contribution in [-0.4, -0.2) is 11.7 Å². The van der Waals surface area contributed by atoms with Gasteiger partial charge in [-0.2, -0.15) is 0 Å². The van der Waals surface area contributed by atoms with Gasteiger partial charge in [-0.25, -0.2) is 0 Å². The molecule has 148 valence electrons. The van der Waals surface area contributed by atoms with E-state index in [4.69, 9.17) is 5.11 Å². The Morgan fingerprint density at radius 1 is 0.500 bits per heavy atom. The summed E-state index contributed by atoms with van der Waals surface area (Å²) in [5, 5.41) is 8.43. The highest BCUT2D eigenvalue weighted by Crippen LogP contribution is 2.13. The molecule has 0 heterocycles. The van der Waals surface area contributed by atoms with Gasteiger partial charge in [0.15, 0.2) is 0 Å². The van der Waals surface area contributed by atoms with Crippen LogP contribution in [-0.2, 0) is 0 Å². The Balaban J connectivity index is 0. The molecule has 0 aliphatic heterocycles. The van der Waals surface area contributed by atoms with Crippen molar-refractivity contribution in [1.29, 1.82) is 0 Å². The molecule has 0 radical (unpaired) electrons. The van der Waals surface area contributed by atoms with Crippen LogP contribution in [0.15, 0.2) is 0 Å². The number of aliphatic hydroxyl groups excluding tert-OH is 1. The van der Waals surface area contributed by atoms with Crippen LogP contribution in [0, 0.1) is 11.8 Å². The first-order valence-corrected chi connectivity index (χ1v) is 11.1. The highest BCUT2D eigenvalue weighted by atomic mass is 16.2. The maximum absolute atomic E-state index is 8.43. The molecular weight excluding hydrogens is 292 g/mol. The number of aliphatic hydroxyl groups is 1. The van der Waals surface area contributed by atoms with Crippen molar-refractivity contribution in [2.24, 2.45) is 11.8 Å². The van der Waals surface area contributed by atoms with Gasteiger partial charge in [0.05, 0.1) is 0 Å². The molecule has 0 aliphatic rings. The van der Waals surface area contributed by atoms with Crippen molar-refractivity contribution >= 4 is 0 Å². The minimum atomic E-state index is 0.359. The molecule has 0 unspecified atom stereocenters. The average Bonchev–Trinajstić information content (AvgIpc) is 2.53. The maximum Gasteiger partial charge on any atom is 0.0431 e. The van der Waals surface area contributed by atoms with Crippen molar-refractivity contribution in [1.82, 2.24) is 0 Å². The zero-order valence-corrected chi connectivity index (χ0v) is 17.9. The normalized spacial score (nSPS) is 11.0. The van der Waals surface area contributed by atoms with Crippen LogP contribution < -0.4 is 0 Å². The van der Waals surface area contributed by atoms with Gasteiger partial charge < -0.3 is 5.11 Å². The molecule has 0 saturated carbocycles. The van der Waals surface area contributed by atoms with Gasteiger partial charge in [0.25, 0.3) is 0 Å². The molecule has 0 aromatic carbocycles. The van der Waals surface area contributed by atoms with Gasteiger partial charge in [-0.15, -0.1) is 0 Å². The molecule has 1 heteroatoms. The summed E-state index contributed by atoms with van der Waals surface area (Å²) >= 11 is 0. The predicted octanol–water partition coefficient (Wildman–Crippen LogP) is 8.15. The monoisotopic (exact) mass is 342 g/mol. The zero-order chi connectivity index (χ0) is 18.5. The van der Waals surface area contributed by atoms with Gasteiger partial charge in [0.1, 0.15) is 0 Å². The fraction of sp³-hybridized carbons (Fsp3) is 1.00. The summed E-state index contributed by atoms with van der Waals surface area (Å²) in [6.45, 7) is 11.8. The first-order chi connectivity index (χ1) is 11.5. The Labute approximate surface area is 155 Å². The molecule has 0 amide bonds. The molecule has 1 N–H and O–H groups in total. The quantitative estimate of drug-likeness (QED) is 0.280. The number of unbranched alkanes of at least 4 members (excludes halogenated alkanes) is 11. The minimum Gasteiger partial charge on any atom is -0.396 e. The van der Waals surface area contributed by atoms with Crippen LogP contribution >= 0.6 is 0 Å². The molecule has 0 bridgehead atoms. The van der Waals surface area contributed by atoms with E-state index in [9.17, 15) is 0 Å². The van der Waals surface area contributed by atoms with Crippen molar-refractivity contribution in [2.45, 2.75) is 131 Å². The lowest BCUT2D eigenvalue weighted by Gasteiger charge is -2.04. The fourth-order valence-corrected chi connectivity index (χ4v) is 2.88. The van der Waals surface area contributed by atoms with Crippen molar-refractivity contribution in [3.05, 3.63) is 0 Å². The van der Waals surface area contributed by atoms with Gasteiger partial charge in [0.2, 0.25) is 0 Å². The molecule has 0 aromatic heterocycles. The second kappa shape index (κ2) is 23.0. The van der Waals surface area contributed by atoms with E-state index in [0.29, 0.717) is 6.61 Å². The van der Waals surface area contributed by atoms with E-state index in [0.717, 1.165) is 18.3 Å². The number of hydrogen-bond donors (Lipinski definition) is 1. The van der Waals surface area contributed by atoms with E-state index in [1.807, 2.05) is 0 Å². The standard InChI is InChI=1S/C15H32.C8H18O/c1-4-5-6-7-8-9-10-11-12-13-14-15(2)3;1-8(2)6-4-3-5-7-9/h15H,4-14H2,1-3H3;8-9H,3-7H2,1-2H3. The van der Waals surface area contributed by atoms with E-state index in [1.165, 1.54) is 89.9 Å². The van der Waals surface area contributed by atoms with Crippen molar-refractivity contribution in [2.75, 3.05) is 6.61 Å². The maximum atomic E-state index is 8.43. The Morgan fingerprint density at radius 3 is 1.17 bits per heavy atom. The van der Waals surface area contributed by atoms with Gasteiger partial charge >= 0.3 is 0 Å². The summed E-state index contributed by atoms with van der Waals surface area (Å²) < 4.78 is 0. The smallest absolute Gasteiger partial charge is 0.0431 e. The summed E-state index contributed by atoms with van der Waals surface area (Å²) in [5.74, 6) is 1.72. The van der Waals surface area contributed by atoms with Gasteiger partial charge in [-0.05, 0) is 18.3 Å². The highest BCUT2D eigenvalue weighted by Gasteiger charge is 1.95. The second-order valence-electron chi connectivity index (χ2n) is 8.33. The molecule has 0 atom stereocenters. The molecule has 0 aromatic rings. The summed E-state index contributed by atoms with van der Waals surface area (Å²) in [7, 11) is 0. The predicted molar refractivity (Wildman–Crippen MR) is 112 cm³/mol. The summed E-state index contributed by atoms with van der Waals surface area (Å²) in [6.07, 6.45) is 20.7. The van der Waals surface area contributed by atoms with Crippen LogP contribution in [0.2, 0.25) is 0 Å². The van der Waals surface area contributed by atoms with Crippen LogP contribution in [0.25, 0.3) is 0 Å². The second-order valence-corrected chi connectivity index (χ2v) is 8.33. The molecule has 0 fully saturated rings. The zero-order valence-electron chi connectivity index (χ0n) is 17.9. The molecule has 0 aliphatic carbocycles. The van der Waals surface area contributed by atoms with E-state index >= 15 is 0 Å². The van der Waals surface area contributed by atoms with Crippen LogP contribution in [0.1, 0.15) is 131 Å². The van der Waals surface area contributed by atoms with Crippen molar-refractivity contribution < 1.29 is 5.11 Å². The molecule has 0 saturated heterocycles. The number of hydrogen-bond acceptors (Lipinski definition) is 1. The first-order valence-electron chi connectivity index (χ1n) is 11.1. The third-order valence-corrected chi connectivity index (χ3v) is 4.57. The third-order valence-electron chi connectivity index (χ3n) is 4.57. The Morgan fingerprint density at radius 2 is 0.833 bits per heavy atom. The molecule has 24 heavy (non-hydrogen) atoms. The van der Waals surface area contributed by atoms with Crippen molar-refractivity contribution in [3.8, 4) is 0 Å². The van der Waals surface area contributed by atoms with E-state index in [-0.39, 0.29) is 0 Å². The largest absolute Gasteiger partial charge is 0.396 e. The highest BCUT2D eigenvalue weighted by molar-refractivity contribution is 4.49. The van der Waals surface area contributed by atoms with Gasteiger partial charge in [-0.1, -0.05) is 125 Å². The molecule has 0 spiro atoms. The van der Waals surface area contributed by atoms with E-state index in [2.05, 4.69) is 34.6 Å². The lowest BCUT2D eigenvalue weighted by atomic mass is 10.0. The van der Waals surface area contributed by atoms with Crippen LogP contribution in [0.4, 0.5) is 0 Å². The van der Waals surface area contributed by atoms with Gasteiger partial charge in [-0.3, -0.25) is 0 Å². The minimum absolute atomic E-state index is 0.359. The fourth-order valence-electron chi connectivity index (χ4n) is 2.88. The Hall–Kier alpha value is -0.0400. The lowest BCUT2D eigenvalue weighted by molar-refractivity contribution is 0.281.